The molecule has 0 aliphatic carbocycles. The fourth-order valence-corrected chi connectivity index (χ4v) is 3.70. The van der Waals surface area contributed by atoms with Crippen LogP contribution >= 0.6 is 0 Å². The monoisotopic (exact) mass is 394 g/mol. The fraction of sp³-hybridized carbons (Fsp3) is 0.318. The fourth-order valence-electron chi connectivity index (χ4n) is 3.70. The Morgan fingerprint density at radius 3 is 2.55 bits per heavy atom. The molecule has 29 heavy (non-hydrogen) atoms. The molecule has 1 N–H and O–H groups in total. The van der Waals surface area contributed by atoms with Gasteiger partial charge in [-0.25, -0.2) is 4.98 Å². The van der Waals surface area contributed by atoms with E-state index in [1.165, 1.54) is 17.0 Å². The third-order valence-corrected chi connectivity index (χ3v) is 5.51. The van der Waals surface area contributed by atoms with E-state index in [9.17, 15) is 14.3 Å². The van der Waals surface area contributed by atoms with Crippen molar-refractivity contribution in [1.29, 1.82) is 0 Å². The molecule has 0 spiro atoms. The Morgan fingerprint density at radius 2 is 1.86 bits per heavy atom. The van der Waals surface area contributed by atoms with E-state index in [1.54, 1.807) is 12.1 Å². The lowest BCUT2D eigenvalue weighted by atomic mass is 9.95. The number of nitrogens with zero attached hydrogens (tertiary/aromatic N) is 4. The maximum Gasteiger partial charge on any atom is 0.291 e. The van der Waals surface area contributed by atoms with E-state index in [0.717, 1.165) is 5.56 Å². The lowest BCUT2D eigenvalue weighted by Gasteiger charge is -2.45. The van der Waals surface area contributed by atoms with Gasteiger partial charge in [0.15, 0.2) is 0 Å². The molecular weight excluding hydrogens is 371 g/mol. The Balaban J connectivity index is 1.81. The van der Waals surface area contributed by atoms with Crippen LogP contribution in [0.2, 0.25) is 0 Å². The first-order valence-electron chi connectivity index (χ1n) is 9.60. The number of pyridine rings is 1. The van der Waals surface area contributed by atoms with Gasteiger partial charge in [-0.15, -0.1) is 0 Å². The topological polar surface area (TPSA) is 71.2 Å². The van der Waals surface area contributed by atoms with Gasteiger partial charge in [0.05, 0.1) is 12.6 Å². The Morgan fingerprint density at radius 1 is 1.17 bits per heavy atom. The highest BCUT2D eigenvalue weighted by Gasteiger charge is 2.37. The molecule has 6 nitrogen and oxygen atoms in total. The van der Waals surface area contributed by atoms with Gasteiger partial charge in [0.1, 0.15) is 5.69 Å². The molecule has 150 valence electrons. The van der Waals surface area contributed by atoms with Gasteiger partial charge in [0.2, 0.25) is 11.8 Å². The molecule has 0 radical (unpaired) electrons. The van der Waals surface area contributed by atoms with Crippen LogP contribution in [0, 0.1) is 5.82 Å². The van der Waals surface area contributed by atoms with Crippen LogP contribution in [0.15, 0.2) is 59.7 Å². The van der Waals surface area contributed by atoms with Crippen LogP contribution in [-0.4, -0.2) is 31.7 Å². The first kappa shape index (κ1) is 19.3. The van der Waals surface area contributed by atoms with Crippen molar-refractivity contribution in [2.24, 2.45) is 0 Å². The summed E-state index contributed by atoms with van der Waals surface area (Å²) >= 11 is 0. The van der Waals surface area contributed by atoms with Crippen LogP contribution in [0.4, 0.5) is 10.3 Å². The minimum Gasteiger partial charge on any atom is -0.387 e. The van der Waals surface area contributed by atoms with E-state index >= 15 is 0 Å². The number of aromatic nitrogens is 3. The van der Waals surface area contributed by atoms with Crippen molar-refractivity contribution in [3.8, 4) is 11.3 Å². The minimum atomic E-state index is -0.872. The highest BCUT2D eigenvalue weighted by molar-refractivity contribution is 5.61. The van der Waals surface area contributed by atoms with Gasteiger partial charge in [0.25, 0.3) is 5.56 Å². The molecule has 1 aliphatic rings. The molecule has 7 heteroatoms. The minimum absolute atomic E-state index is 0.000510. The second-order valence-electron chi connectivity index (χ2n) is 7.87. The van der Waals surface area contributed by atoms with Crippen LogP contribution in [0.1, 0.15) is 31.9 Å². The summed E-state index contributed by atoms with van der Waals surface area (Å²) in [7, 11) is 0. The normalized spacial score (nSPS) is 16.3. The first-order chi connectivity index (χ1) is 13.9. The Kier molecular flexibility index (Phi) is 4.92. The smallest absolute Gasteiger partial charge is 0.291 e. The third kappa shape index (κ3) is 3.53. The van der Waals surface area contributed by atoms with E-state index in [4.69, 9.17) is 0 Å². The zero-order valence-electron chi connectivity index (χ0n) is 16.4. The second kappa shape index (κ2) is 7.40. The lowest BCUT2D eigenvalue weighted by molar-refractivity contribution is 0.168. The van der Waals surface area contributed by atoms with Gasteiger partial charge in [-0.05, 0) is 38.0 Å². The highest BCUT2D eigenvalue weighted by atomic mass is 19.1. The summed E-state index contributed by atoms with van der Waals surface area (Å²) in [5.41, 5.74) is 0.212. The molecule has 0 fully saturated rings. The summed E-state index contributed by atoms with van der Waals surface area (Å²) in [6.45, 7) is 4.69. The Labute approximate surface area is 168 Å². The van der Waals surface area contributed by atoms with Crippen LogP contribution in [0.3, 0.4) is 0 Å². The molecule has 3 aromatic rings. The first-order valence-corrected chi connectivity index (χ1v) is 9.60. The summed E-state index contributed by atoms with van der Waals surface area (Å²) in [4.78, 5) is 23.2. The van der Waals surface area contributed by atoms with E-state index in [2.05, 4.69) is 9.97 Å². The third-order valence-electron chi connectivity index (χ3n) is 5.51. The SMILES string of the molecule is CC1(C)CCn2c(nc(-c3ccncc3)c(F)c2=O)N1CC(O)c1ccccc1. The van der Waals surface area contributed by atoms with Crippen molar-refractivity contribution >= 4 is 5.95 Å². The number of rotatable bonds is 4. The molecule has 2 aromatic heterocycles. The number of fused-ring (bicyclic) bond motifs is 1. The molecular formula is C22H23FN4O2. The summed E-state index contributed by atoms with van der Waals surface area (Å²) in [6, 6.07) is 12.6. The number of anilines is 1. The van der Waals surface area contributed by atoms with Gasteiger partial charge in [-0.1, -0.05) is 30.3 Å². The number of benzene rings is 1. The number of aliphatic hydroxyl groups excluding tert-OH is 1. The molecule has 3 heterocycles. The molecule has 0 amide bonds. The van der Waals surface area contributed by atoms with Gasteiger partial charge >= 0.3 is 0 Å². The molecule has 1 unspecified atom stereocenters. The van der Waals surface area contributed by atoms with Crippen molar-refractivity contribution in [2.45, 2.75) is 38.5 Å². The standard InChI is InChI=1S/C22H23FN4O2/c1-22(2)10-13-26-20(29)18(23)19(16-8-11-24-12-9-16)25-21(26)27(22)14-17(28)15-6-4-3-5-7-15/h3-9,11-12,17,28H,10,13-14H2,1-2H3. The summed E-state index contributed by atoms with van der Waals surface area (Å²) < 4.78 is 16.2. The molecule has 1 atom stereocenters. The Hall–Kier alpha value is -3.06. The lowest BCUT2D eigenvalue weighted by Crippen LogP contribution is -2.53. The predicted molar refractivity (Wildman–Crippen MR) is 109 cm³/mol. The quantitative estimate of drug-likeness (QED) is 0.736. The predicted octanol–water partition coefficient (Wildman–Crippen LogP) is 3.17. The maximum atomic E-state index is 14.8. The zero-order valence-corrected chi connectivity index (χ0v) is 16.4. The molecule has 0 saturated carbocycles. The highest BCUT2D eigenvalue weighted by Crippen LogP contribution is 2.34. The van der Waals surface area contributed by atoms with Crippen LogP contribution in [0.5, 0.6) is 0 Å². The van der Waals surface area contributed by atoms with E-state index < -0.39 is 17.5 Å². The van der Waals surface area contributed by atoms with Gasteiger partial charge in [-0.3, -0.25) is 14.3 Å². The number of hydrogen-bond donors (Lipinski definition) is 1. The number of β-amino-alcohol motifs (C(OH)–C–C–N with tert-alkyl or cyclic N) is 1. The zero-order chi connectivity index (χ0) is 20.6. The maximum absolute atomic E-state index is 14.8. The molecule has 0 saturated heterocycles. The van der Waals surface area contributed by atoms with Gasteiger partial charge in [0, 0.05) is 30.0 Å². The second-order valence-corrected chi connectivity index (χ2v) is 7.87. The van der Waals surface area contributed by atoms with Crippen LogP contribution in [0.25, 0.3) is 11.3 Å². The Bertz CT molecular complexity index is 1070. The van der Waals surface area contributed by atoms with E-state index in [0.29, 0.717) is 24.5 Å². The largest absolute Gasteiger partial charge is 0.387 e. The summed E-state index contributed by atoms with van der Waals surface area (Å²) in [5.74, 6) is -0.502. The van der Waals surface area contributed by atoms with E-state index in [1.807, 2.05) is 49.1 Å². The average Bonchev–Trinajstić information content (AvgIpc) is 2.73. The van der Waals surface area contributed by atoms with Gasteiger partial charge in [-0.2, -0.15) is 4.39 Å². The van der Waals surface area contributed by atoms with Crippen LogP contribution in [-0.2, 0) is 6.54 Å². The molecule has 4 rings (SSSR count). The van der Waals surface area contributed by atoms with E-state index in [-0.39, 0.29) is 17.8 Å². The van der Waals surface area contributed by atoms with Crippen LogP contribution < -0.4 is 10.5 Å². The van der Waals surface area contributed by atoms with Crippen molar-refractivity contribution in [3.05, 3.63) is 76.6 Å². The number of aliphatic hydroxyl groups is 1. The number of halogens is 1. The average molecular weight is 394 g/mol. The summed E-state index contributed by atoms with van der Waals surface area (Å²) in [5, 5.41) is 10.8. The number of hydrogen-bond acceptors (Lipinski definition) is 5. The van der Waals surface area contributed by atoms with Crippen molar-refractivity contribution in [3.63, 3.8) is 0 Å². The van der Waals surface area contributed by atoms with Crippen molar-refractivity contribution < 1.29 is 9.50 Å². The molecule has 0 bridgehead atoms. The molecule has 1 aliphatic heterocycles. The van der Waals surface area contributed by atoms with Crippen molar-refractivity contribution in [1.82, 2.24) is 14.5 Å². The molecule has 1 aromatic carbocycles. The van der Waals surface area contributed by atoms with Crippen molar-refractivity contribution in [2.75, 3.05) is 11.4 Å². The van der Waals surface area contributed by atoms with Gasteiger partial charge < -0.3 is 10.0 Å². The summed E-state index contributed by atoms with van der Waals surface area (Å²) in [6.07, 6.45) is 2.94.